The molecule has 6 nitrogen and oxygen atoms in total. The molecule has 23 heavy (non-hydrogen) atoms. The fourth-order valence-corrected chi connectivity index (χ4v) is 2.84. The zero-order valence-electron chi connectivity index (χ0n) is 13.8. The van der Waals surface area contributed by atoms with Crippen molar-refractivity contribution < 1.29 is 12.9 Å². The molecule has 2 rings (SSSR count). The number of aromatic nitrogens is 1. The number of rotatable bonds is 7. The van der Waals surface area contributed by atoms with Crippen LogP contribution in [0.3, 0.4) is 0 Å². The van der Waals surface area contributed by atoms with Crippen LogP contribution < -0.4 is 10.0 Å². The second-order valence-corrected chi connectivity index (χ2v) is 7.64. The summed E-state index contributed by atoms with van der Waals surface area (Å²) >= 11 is 0. The third-order valence-corrected chi connectivity index (χ3v) is 5.14. The smallest absolute Gasteiger partial charge is 0.240 e. The molecule has 2 aromatic rings. The summed E-state index contributed by atoms with van der Waals surface area (Å²) < 4.78 is 31.0. The maximum absolute atomic E-state index is 11.7. The van der Waals surface area contributed by atoms with Gasteiger partial charge < -0.3 is 9.84 Å². The molecule has 0 saturated carbocycles. The first-order valence-electron chi connectivity index (χ1n) is 7.56. The number of nitrogens with zero attached hydrogens (tertiary/aromatic N) is 1. The fraction of sp³-hybridized carbons (Fsp3) is 0.438. The lowest BCUT2D eigenvalue weighted by Crippen LogP contribution is -2.20. The van der Waals surface area contributed by atoms with Gasteiger partial charge in [0.05, 0.1) is 17.1 Å². The Kier molecular flexibility index (Phi) is 5.56. The van der Waals surface area contributed by atoms with Gasteiger partial charge in [-0.3, -0.25) is 0 Å². The lowest BCUT2D eigenvalue weighted by molar-refractivity contribution is 0.359. The highest BCUT2D eigenvalue weighted by molar-refractivity contribution is 7.89. The Morgan fingerprint density at radius 3 is 2.35 bits per heavy atom. The van der Waals surface area contributed by atoms with E-state index in [-0.39, 0.29) is 10.9 Å². The third kappa shape index (κ3) is 4.40. The molecule has 1 aromatic carbocycles. The first-order chi connectivity index (χ1) is 10.8. The van der Waals surface area contributed by atoms with Crippen LogP contribution in [0.25, 0.3) is 0 Å². The number of hydrogen-bond donors (Lipinski definition) is 2. The predicted octanol–water partition coefficient (Wildman–Crippen LogP) is 2.56. The van der Waals surface area contributed by atoms with Gasteiger partial charge in [0.1, 0.15) is 0 Å². The molecule has 1 atom stereocenters. The highest BCUT2D eigenvalue weighted by Crippen LogP contribution is 2.18. The van der Waals surface area contributed by atoms with E-state index < -0.39 is 10.0 Å². The van der Waals surface area contributed by atoms with Gasteiger partial charge in [-0.1, -0.05) is 31.1 Å². The van der Waals surface area contributed by atoms with E-state index in [9.17, 15) is 8.42 Å². The molecule has 0 aliphatic carbocycles. The van der Waals surface area contributed by atoms with E-state index in [4.69, 9.17) is 4.52 Å². The van der Waals surface area contributed by atoms with E-state index in [1.54, 1.807) is 12.1 Å². The van der Waals surface area contributed by atoms with Gasteiger partial charge in [0.25, 0.3) is 0 Å². The maximum atomic E-state index is 11.7. The molecule has 0 radical (unpaired) electrons. The van der Waals surface area contributed by atoms with Crippen LogP contribution in [0.5, 0.6) is 0 Å². The van der Waals surface area contributed by atoms with Gasteiger partial charge in [-0.05, 0) is 37.6 Å². The lowest BCUT2D eigenvalue weighted by Gasteiger charge is -2.13. The molecule has 0 saturated heterocycles. The van der Waals surface area contributed by atoms with Crippen molar-refractivity contribution in [2.75, 3.05) is 7.05 Å². The normalized spacial score (nSPS) is 13.4. The van der Waals surface area contributed by atoms with Gasteiger partial charge >= 0.3 is 0 Å². The SMILES string of the molecule is CNS(=O)(=O)c1ccc(C(C)NCc2cc(C(C)C)no2)cc1. The summed E-state index contributed by atoms with van der Waals surface area (Å²) in [6.45, 7) is 6.72. The largest absolute Gasteiger partial charge is 0.360 e. The van der Waals surface area contributed by atoms with Crippen LogP contribution in [0.1, 0.15) is 49.7 Å². The Balaban J connectivity index is 1.99. The molecule has 7 heteroatoms. The summed E-state index contributed by atoms with van der Waals surface area (Å²) in [5.74, 6) is 1.13. The van der Waals surface area contributed by atoms with E-state index in [2.05, 4.69) is 29.0 Å². The molecule has 1 unspecified atom stereocenters. The van der Waals surface area contributed by atoms with Crippen LogP contribution in [0.2, 0.25) is 0 Å². The average molecular weight is 337 g/mol. The van der Waals surface area contributed by atoms with Gasteiger partial charge in [0, 0.05) is 12.1 Å². The van der Waals surface area contributed by atoms with Gasteiger partial charge in [0.2, 0.25) is 10.0 Å². The predicted molar refractivity (Wildman–Crippen MR) is 88.5 cm³/mol. The zero-order valence-corrected chi connectivity index (χ0v) is 14.6. The third-order valence-electron chi connectivity index (χ3n) is 3.71. The molecule has 0 spiro atoms. The number of benzene rings is 1. The van der Waals surface area contributed by atoms with Crippen molar-refractivity contribution in [1.29, 1.82) is 0 Å². The van der Waals surface area contributed by atoms with E-state index in [1.165, 1.54) is 7.05 Å². The lowest BCUT2D eigenvalue weighted by atomic mass is 10.1. The van der Waals surface area contributed by atoms with Crippen molar-refractivity contribution in [2.24, 2.45) is 0 Å². The van der Waals surface area contributed by atoms with Crippen LogP contribution >= 0.6 is 0 Å². The van der Waals surface area contributed by atoms with Crippen molar-refractivity contribution in [3.05, 3.63) is 47.3 Å². The molecule has 0 aliphatic rings. The molecule has 1 heterocycles. The first kappa shape index (κ1) is 17.7. The fourth-order valence-electron chi connectivity index (χ4n) is 2.11. The van der Waals surface area contributed by atoms with Crippen molar-refractivity contribution in [1.82, 2.24) is 15.2 Å². The summed E-state index contributed by atoms with van der Waals surface area (Å²) in [6.07, 6.45) is 0. The molecule has 0 bridgehead atoms. The molecular formula is C16H23N3O3S. The van der Waals surface area contributed by atoms with Crippen molar-refractivity contribution in [3.8, 4) is 0 Å². The Bertz CT molecular complexity index is 736. The monoisotopic (exact) mass is 337 g/mol. The van der Waals surface area contributed by atoms with Gasteiger partial charge in [0.15, 0.2) is 5.76 Å². The minimum absolute atomic E-state index is 0.0638. The molecular weight excluding hydrogens is 314 g/mol. The Morgan fingerprint density at radius 1 is 1.17 bits per heavy atom. The Hall–Kier alpha value is -1.70. The second kappa shape index (κ2) is 7.25. The van der Waals surface area contributed by atoms with Gasteiger partial charge in [-0.2, -0.15) is 0 Å². The first-order valence-corrected chi connectivity index (χ1v) is 9.04. The van der Waals surface area contributed by atoms with E-state index in [0.717, 1.165) is 17.0 Å². The van der Waals surface area contributed by atoms with Crippen molar-refractivity contribution >= 4 is 10.0 Å². The number of hydrogen-bond acceptors (Lipinski definition) is 5. The Morgan fingerprint density at radius 2 is 1.83 bits per heavy atom. The molecule has 126 valence electrons. The van der Waals surface area contributed by atoms with E-state index >= 15 is 0 Å². The van der Waals surface area contributed by atoms with Crippen LogP contribution in [-0.4, -0.2) is 20.6 Å². The molecule has 0 amide bonds. The van der Waals surface area contributed by atoms with E-state index in [0.29, 0.717) is 12.5 Å². The Labute approximate surface area is 137 Å². The van der Waals surface area contributed by atoms with E-state index in [1.807, 2.05) is 25.1 Å². The van der Waals surface area contributed by atoms with Gasteiger partial charge in [-0.25, -0.2) is 13.1 Å². The van der Waals surface area contributed by atoms with Crippen LogP contribution in [0, 0.1) is 0 Å². The zero-order chi connectivity index (χ0) is 17.0. The average Bonchev–Trinajstić information content (AvgIpc) is 3.02. The summed E-state index contributed by atoms with van der Waals surface area (Å²) in [6, 6.07) is 8.83. The minimum atomic E-state index is -3.40. The highest BCUT2D eigenvalue weighted by Gasteiger charge is 2.13. The van der Waals surface area contributed by atoms with Gasteiger partial charge in [-0.15, -0.1) is 0 Å². The highest BCUT2D eigenvalue weighted by atomic mass is 32.2. The summed E-state index contributed by atoms with van der Waals surface area (Å²) in [4.78, 5) is 0.257. The topological polar surface area (TPSA) is 84.2 Å². The molecule has 0 fully saturated rings. The number of sulfonamides is 1. The summed E-state index contributed by atoms with van der Waals surface area (Å²) in [7, 11) is -2.00. The van der Waals surface area contributed by atoms with Crippen LogP contribution in [0.15, 0.2) is 39.8 Å². The maximum Gasteiger partial charge on any atom is 0.240 e. The minimum Gasteiger partial charge on any atom is -0.360 e. The molecule has 1 aromatic heterocycles. The summed E-state index contributed by atoms with van der Waals surface area (Å²) in [5.41, 5.74) is 1.94. The molecule has 2 N–H and O–H groups in total. The van der Waals surface area contributed by atoms with Crippen LogP contribution in [-0.2, 0) is 16.6 Å². The molecule has 0 aliphatic heterocycles. The van der Waals surface area contributed by atoms with Crippen molar-refractivity contribution in [2.45, 2.75) is 44.2 Å². The standard InChI is InChI=1S/C16H23N3O3S/c1-11(2)16-9-14(22-19-16)10-18-12(3)13-5-7-15(8-6-13)23(20,21)17-4/h5-9,11-12,17-18H,10H2,1-4H3. The summed E-state index contributed by atoms with van der Waals surface area (Å²) in [5, 5.41) is 7.37. The second-order valence-electron chi connectivity index (χ2n) is 5.75. The van der Waals surface area contributed by atoms with Crippen LogP contribution in [0.4, 0.5) is 0 Å². The van der Waals surface area contributed by atoms with Crippen molar-refractivity contribution in [3.63, 3.8) is 0 Å². The number of nitrogens with one attached hydrogen (secondary N) is 2. The quantitative estimate of drug-likeness (QED) is 0.811.